The molecule has 1 aromatic rings. The van der Waals surface area contributed by atoms with Crippen LogP contribution in [0, 0.1) is 6.92 Å². The van der Waals surface area contributed by atoms with E-state index in [0.29, 0.717) is 5.76 Å². The highest BCUT2D eigenvalue weighted by Gasteiger charge is 2.18. The molecule has 0 radical (unpaired) electrons. The van der Waals surface area contributed by atoms with Crippen LogP contribution in [0.15, 0.2) is 10.7 Å². The highest BCUT2D eigenvalue weighted by Crippen LogP contribution is 2.33. The van der Waals surface area contributed by atoms with Crippen molar-refractivity contribution in [3.8, 4) is 11.5 Å². The molecule has 0 aliphatic carbocycles. The molecule has 0 unspecified atom stereocenters. The van der Waals surface area contributed by atoms with Crippen LogP contribution in [0.1, 0.15) is 32.4 Å². The van der Waals surface area contributed by atoms with Gasteiger partial charge in [-0.15, -0.1) is 0 Å². The Morgan fingerprint density at radius 1 is 1.19 bits per heavy atom. The number of rotatable bonds is 4. The quantitative estimate of drug-likeness (QED) is 0.736. The highest BCUT2D eigenvalue weighted by atomic mass is 16.6. The normalized spacial score (nSPS) is 9.94. The molecular formula is C11H14O5. The van der Waals surface area contributed by atoms with Gasteiger partial charge in [-0.25, -0.2) is 0 Å². The molecule has 0 saturated heterocycles. The molecule has 0 spiro atoms. The minimum atomic E-state index is -0.408. The fourth-order valence-electron chi connectivity index (χ4n) is 0.996. The van der Waals surface area contributed by atoms with Gasteiger partial charge >= 0.3 is 11.9 Å². The van der Waals surface area contributed by atoms with Crippen LogP contribution in [-0.4, -0.2) is 11.9 Å². The molecular weight excluding hydrogens is 212 g/mol. The summed E-state index contributed by atoms with van der Waals surface area (Å²) < 4.78 is 15.0. The lowest BCUT2D eigenvalue weighted by atomic mass is 10.4. The molecule has 0 amide bonds. The smallest absolute Gasteiger partial charge is 0.311 e. The second kappa shape index (κ2) is 5.34. The van der Waals surface area contributed by atoms with Gasteiger partial charge in [-0.2, -0.15) is 0 Å². The summed E-state index contributed by atoms with van der Waals surface area (Å²) in [6.45, 7) is 4.98. The van der Waals surface area contributed by atoms with Gasteiger partial charge < -0.3 is 13.9 Å². The van der Waals surface area contributed by atoms with E-state index in [-0.39, 0.29) is 24.3 Å². The van der Waals surface area contributed by atoms with Crippen LogP contribution in [-0.2, 0) is 9.59 Å². The molecule has 16 heavy (non-hydrogen) atoms. The number of carbonyl (C=O) groups is 2. The van der Waals surface area contributed by atoms with E-state index in [1.807, 2.05) is 0 Å². The lowest BCUT2D eigenvalue weighted by Crippen LogP contribution is -2.09. The topological polar surface area (TPSA) is 65.7 Å². The summed E-state index contributed by atoms with van der Waals surface area (Å²) in [4.78, 5) is 22.2. The Morgan fingerprint density at radius 3 is 2.31 bits per heavy atom. The van der Waals surface area contributed by atoms with E-state index in [9.17, 15) is 9.59 Å². The van der Waals surface area contributed by atoms with Crippen molar-refractivity contribution < 1.29 is 23.5 Å². The second-order valence-electron chi connectivity index (χ2n) is 3.14. The van der Waals surface area contributed by atoms with Crippen molar-refractivity contribution in [2.45, 2.75) is 33.6 Å². The molecule has 0 aliphatic rings. The van der Waals surface area contributed by atoms with Crippen LogP contribution >= 0.6 is 0 Å². The van der Waals surface area contributed by atoms with E-state index in [1.54, 1.807) is 20.8 Å². The fraction of sp³-hybridized carbons (Fsp3) is 0.455. The minimum absolute atomic E-state index is 0.145. The monoisotopic (exact) mass is 226 g/mol. The predicted octanol–water partition coefficient (Wildman–Crippen LogP) is 2.22. The van der Waals surface area contributed by atoms with Gasteiger partial charge in [0.15, 0.2) is 0 Å². The average Bonchev–Trinajstić information content (AvgIpc) is 2.61. The van der Waals surface area contributed by atoms with Gasteiger partial charge in [0.1, 0.15) is 12.0 Å². The molecule has 1 rings (SSSR count). The number of furan rings is 1. The summed E-state index contributed by atoms with van der Waals surface area (Å²) in [6, 6.07) is 0. The van der Waals surface area contributed by atoms with Gasteiger partial charge in [0.2, 0.25) is 11.5 Å². The Hall–Kier alpha value is -1.78. The van der Waals surface area contributed by atoms with Gasteiger partial charge in [-0.1, -0.05) is 13.8 Å². The molecule has 5 heteroatoms. The molecule has 0 fully saturated rings. The van der Waals surface area contributed by atoms with Crippen LogP contribution in [0.5, 0.6) is 11.5 Å². The van der Waals surface area contributed by atoms with Gasteiger partial charge in [0.05, 0.1) is 0 Å². The Morgan fingerprint density at radius 2 is 1.75 bits per heavy atom. The van der Waals surface area contributed by atoms with E-state index in [0.717, 1.165) is 0 Å². The SMILES string of the molecule is CCC(=O)Oc1coc(C)c1OC(=O)CC. The van der Waals surface area contributed by atoms with Crippen molar-refractivity contribution in [1.29, 1.82) is 0 Å². The maximum absolute atomic E-state index is 11.1. The Labute approximate surface area is 93.3 Å². The molecule has 0 atom stereocenters. The third kappa shape index (κ3) is 2.85. The van der Waals surface area contributed by atoms with Gasteiger partial charge in [-0.05, 0) is 6.92 Å². The largest absolute Gasteiger partial charge is 0.462 e. The maximum Gasteiger partial charge on any atom is 0.311 e. The molecule has 5 nitrogen and oxygen atoms in total. The van der Waals surface area contributed by atoms with Crippen molar-refractivity contribution in [1.82, 2.24) is 0 Å². The third-order valence-corrected chi connectivity index (χ3v) is 1.90. The zero-order chi connectivity index (χ0) is 12.1. The molecule has 0 aromatic carbocycles. The summed E-state index contributed by atoms with van der Waals surface area (Å²) in [5, 5.41) is 0. The Balaban J connectivity index is 2.85. The van der Waals surface area contributed by atoms with Crippen molar-refractivity contribution >= 4 is 11.9 Å². The van der Waals surface area contributed by atoms with Crippen LogP contribution in [0.4, 0.5) is 0 Å². The first-order chi connectivity index (χ1) is 7.58. The summed E-state index contributed by atoms with van der Waals surface area (Å²) in [6.07, 6.45) is 1.73. The highest BCUT2D eigenvalue weighted by molar-refractivity contribution is 5.76. The number of carbonyl (C=O) groups excluding carboxylic acids is 2. The number of hydrogen-bond donors (Lipinski definition) is 0. The van der Waals surface area contributed by atoms with Crippen LogP contribution < -0.4 is 9.47 Å². The molecule has 88 valence electrons. The van der Waals surface area contributed by atoms with Crippen molar-refractivity contribution in [2.75, 3.05) is 0 Å². The molecule has 1 heterocycles. The van der Waals surface area contributed by atoms with E-state index in [4.69, 9.17) is 13.9 Å². The lowest BCUT2D eigenvalue weighted by Gasteiger charge is -2.04. The summed E-state index contributed by atoms with van der Waals surface area (Å²) >= 11 is 0. The minimum Gasteiger partial charge on any atom is -0.462 e. The number of esters is 2. The third-order valence-electron chi connectivity index (χ3n) is 1.90. The Kier molecular flexibility index (Phi) is 4.10. The standard InChI is InChI=1S/C11H14O5/c1-4-9(12)15-8-6-14-7(3)11(8)16-10(13)5-2/h6H,4-5H2,1-3H3. The summed E-state index contributed by atoms with van der Waals surface area (Å²) in [5.41, 5.74) is 0. The van der Waals surface area contributed by atoms with Crippen LogP contribution in [0.3, 0.4) is 0 Å². The number of hydrogen-bond acceptors (Lipinski definition) is 5. The molecule has 0 bridgehead atoms. The lowest BCUT2D eigenvalue weighted by molar-refractivity contribution is -0.136. The van der Waals surface area contributed by atoms with E-state index in [2.05, 4.69) is 0 Å². The molecule has 0 aliphatic heterocycles. The van der Waals surface area contributed by atoms with E-state index in [1.165, 1.54) is 6.26 Å². The molecule has 0 saturated carbocycles. The first kappa shape index (κ1) is 12.3. The second-order valence-corrected chi connectivity index (χ2v) is 3.14. The van der Waals surface area contributed by atoms with Gasteiger partial charge in [-0.3, -0.25) is 9.59 Å². The van der Waals surface area contributed by atoms with Gasteiger partial charge in [0, 0.05) is 12.8 Å². The zero-order valence-corrected chi connectivity index (χ0v) is 9.53. The van der Waals surface area contributed by atoms with E-state index < -0.39 is 11.9 Å². The number of aryl methyl sites for hydroxylation is 1. The first-order valence-corrected chi connectivity index (χ1v) is 5.07. The number of ether oxygens (including phenoxy) is 2. The Bertz CT molecular complexity index is 391. The van der Waals surface area contributed by atoms with Crippen LogP contribution in [0.25, 0.3) is 0 Å². The van der Waals surface area contributed by atoms with Crippen LogP contribution in [0.2, 0.25) is 0 Å². The van der Waals surface area contributed by atoms with E-state index >= 15 is 0 Å². The zero-order valence-electron chi connectivity index (χ0n) is 9.53. The average molecular weight is 226 g/mol. The maximum atomic E-state index is 11.1. The molecule has 0 N–H and O–H groups in total. The predicted molar refractivity (Wildman–Crippen MR) is 55.3 cm³/mol. The van der Waals surface area contributed by atoms with Crippen molar-refractivity contribution in [3.63, 3.8) is 0 Å². The summed E-state index contributed by atoms with van der Waals surface area (Å²) in [5.74, 6) is -0.0894. The fourth-order valence-corrected chi connectivity index (χ4v) is 0.996. The van der Waals surface area contributed by atoms with Gasteiger partial charge in [0.25, 0.3) is 0 Å². The summed E-state index contributed by atoms with van der Waals surface area (Å²) in [7, 11) is 0. The van der Waals surface area contributed by atoms with Crippen molar-refractivity contribution in [2.24, 2.45) is 0 Å². The molecule has 1 aromatic heterocycles. The van der Waals surface area contributed by atoms with Crippen molar-refractivity contribution in [3.05, 3.63) is 12.0 Å². The first-order valence-electron chi connectivity index (χ1n) is 5.07.